The first-order valence-corrected chi connectivity index (χ1v) is 11.6. The fraction of sp³-hybridized carbons (Fsp3) is 0.0769. The molecule has 3 aromatic carbocycles. The summed E-state index contributed by atoms with van der Waals surface area (Å²) in [5.74, 6) is 0.915. The average Bonchev–Trinajstić information content (AvgIpc) is 3.46. The highest BCUT2D eigenvalue weighted by Crippen LogP contribution is 2.28. The first kappa shape index (κ1) is 21.7. The third-order valence-electron chi connectivity index (χ3n) is 5.29. The number of amides is 1. The van der Waals surface area contributed by atoms with Crippen LogP contribution in [0.3, 0.4) is 0 Å². The lowest BCUT2D eigenvalue weighted by atomic mass is 10.0. The van der Waals surface area contributed by atoms with Gasteiger partial charge in [0.15, 0.2) is 22.5 Å². The number of hydrogen-bond acceptors (Lipinski definition) is 6. The molecule has 168 valence electrons. The smallest absolute Gasteiger partial charge is 0.234 e. The van der Waals surface area contributed by atoms with Crippen LogP contribution in [0, 0.1) is 0 Å². The van der Waals surface area contributed by atoms with Crippen molar-refractivity contribution in [3.63, 3.8) is 0 Å². The number of nitrogens with one attached hydrogen (secondary N) is 1. The summed E-state index contributed by atoms with van der Waals surface area (Å²) in [6, 6.07) is 25.6. The Labute approximate surface area is 199 Å². The van der Waals surface area contributed by atoms with E-state index in [9.17, 15) is 9.59 Å². The van der Waals surface area contributed by atoms with Crippen LogP contribution in [0.1, 0.15) is 15.9 Å². The minimum absolute atomic E-state index is 0.111. The molecule has 0 fully saturated rings. The molecule has 34 heavy (non-hydrogen) atoms. The number of carbonyl (C=O) groups excluding carboxylic acids is 2. The van der Waals surface area contributed by atoms with Crippen LogP contribution in [-0.4, -0.2) is 32.2 Å². The van der Waals surface area contributed by atoms with Crippen LogP contribution in [0.25, 0.3) is 22.6 Å². The van der Waals surface area contributed by atoms with Crippen LogP contribution in [0.4, 0.5) is 5.69 Å². The molecule has 0 spiro atoms. The second kappa shape index (κ2) is 9.36. The molecule has 0 aliphatic rings. The molecule has 8 heteroatoms. The maximum absolute atomic E-state index is 12.9. The number of aromatic nitrogens is 3. The van der Waals surface area contributed by atoms with Crippen molar-refractivity contribution in [2.75, 3.05) is 11.1 Å². The van der Waals surface area contributed by atoms with E-state index in [1.165, 1.54) is 11.8 Å². The predicted octanol–water partition coefficient (Wildman–Crippen LogP) is 5.19. The fourth-order valence-corrected chi connectivity index (χ4v) is 4.31. The monoisotopic (exact) mass is 468 g/mol. The summed E-state index contributed by atoms with van der Waals surface area (Å²) in [4.78, 5) is 25.6. The number of carbonyl (C=O) groups is 2. The zero-order valence-corrected chi connectivity index (χ0v) is 19.1. The molecule has 0 bridgehead atoms. The van der Waals surface area contributed by atoms with Crippen molar-refractivity contribution in [1.82, 2.24) is 14.8 Å². The van der Waals surface area contributed by atoms with Gasteiger partial charge < -0.3 is 14.3 Å². The van der Waals surface area contributed by atoms with E-state index in [4.69, 9.17) is 4.42 Å². The number of furan rings is 1. The maximum atomic E-state index is 12.9. The third kappa shape index (κ3) is 4.35. The number of hydrogen-bond donors (Lipinski definition) is 1. The Hall–Kier alpha value is -4.17. The molecule has 2 heterocycles. The molecular formula is C26H20N4O3S. The Morgan fingerprint density at radius 3 is 2.50 bits per heavy atom. The van der Waals surface area contributed by atoms with Gasteiger partial charge in [-0.15, -0.1) is 10.2 Å². The van der Waals surface area contributed by atoms with E-state index in [1.54, 1.807) is 41.0 Å². The van der Waals surface area contributed by atoms with Crippen LogP contribution in [-0.2, 0) is 11.8 Å². The molecule has 5 aromatic rings. The van der Waals surface area contributed by atoms with E-state index in [-0.39, 0.29) is 17.4 Å². The highest BCUT2D eigenvalue weighted by Gasteiger charge is 2.18. The van der Waals surface area contributed by atoms with Crippen molar-refractivity contribution in [3.8, 4) is 11.6 Å². The largest absolute Gasteiger partial charge is 0.453 e. The van der Waals surface area contributed by atoms with Crippen LogP contribution >= 0.6 is 11.8 Å². The Morgan fingerprint density at radius 2 is 1.68 bits per heavy atom. The number of fused-ring (bicyclic) bond motifs is 1. The van der Waals surface area contributed by atoms with Crippen molar-refractivity contribution in [1.29, 1.82) is 0 Å². The van der Waals surface area contributed by atoms with Gasteiger partial charge in [-0.25, -0.2) is 0 Å². The molecule has 1 N–H and O–H groups in total. The van der Waals surface area contributed by atoms with Crippen LogP contribution in [0.2, 0.25) is 0 Å². The molecule has 0 unspecified atom stereocenters. The summed E-state index contributed by atoms with van der Waals surface area (Å²) in [6.45, 7) is 0. The normalized spacial score (nSPS) is 11.0. The summed E-state index contributed by atoms with van der Waals surface area (Å²) < 4.78 is 7.68. The first-order valence-electron chi connectivity index (χ1n) is 10.6. The quantitative estimate of drug-likeness (QED) is 0.261. The molecule has 0 radical (unpaired) electrons. The lowest BCUT2D eigenvalue weighted by molar-refractivity contribution is -0.113. The number of thioether (sulfide) groups is 1. The van der Waals surface area contributed by atoms with Gasteiger partial charge in [-0.2, -0.15) is 0 Å². The van der Waals surface area contributed by atoms with Crippen LogP contribution < -0.4 is 5.32 Å². The number of rotatable bonds is 7. The van der Waals surface area contributed by atoms with Crippen molar-refractivity contribution in [2.45, 2.75) is 5.16 Å². The zero-order valence-electron chi connectivity index (χ0n) is 18.3. The van der Waals surface area contributed by atoms with Crippen molar-refractivity contribution in [3.05, 3.63) is 96.1 Å². The van der Waals surface area contributed by atoms with Gasteiger partial charge in [0, 0.05) is 23.6 Å². The van der Waals surface area contributed by atoms with Gasteiger partial charge in [-0.1, -0.05) is 72.4 Å². The Morgan fingerprint density at radius 1 is 0.941 bits per heavy atom. The minimum Gasteiger partial charge on any atom is -0.453 e. The Kier molecular flexibility index (Phi) is 5.97. The Bertz CT molecular complexity index is 1460. The van der Waals surface area contributed by atoms with Gasteiger partial charge in [0.2, 0.25) is 5.91 Å². The molecule has 1 amide bonds. The molecule has 0 aliphatic carbocycles. The lowest BCUT2D eigenvalue weighted by Gasteiger charge is -2.10. The highest BCUT2D eigenvalue weighted by molar-refractivity contribution is 7.99. The predicted molar refractivity (Wildman–Crippen MR) is 132 cm³/mol. The van der Waals surface area contributed by atoms with E-state index >= 15 is 0 Å². The van der Waals surface area contributed by atoms with Gasteiger partial charge >= 0.3 is 0 Å². The Balaban J connectivity index is 1.28. The van der Waals surface area contributed by atoms with E-state index < -0.39 is 0 Å². The van der Waals surface area contributed by atoms with Gasteiger partial charge in [-0.05, 0) is 24.3 Å². The standard InChI is InChI=1S/C26H20N4O3S/c1-30-25(22-15-18-11-5-8-14-21(18)33-22)28-29-26(30)34-16-23(31)27-20-13-7-6-12-19(20)24(32)17-9-3-2-4-10-17/h2-15H,16H2,1H3,(H,27,31). The molecule has 0 saturated heterocycles. The molecule has 7 nitrogen and oxygen atoms in total. The SMILES string of the molecule is Cn1c(SCC(=O)Nc2ccccc2C(=O)c2ccccc2)nnc1-c1cc2ccccc2o1. The lowest BCUT2D eigenvalue weighted by Crippen LogP contribution is -2.17. The molecule has 5 rings (SSSR count). The third-order valence-corrected chi connectivity index (χ3v) is 6.32. The molecule has 0 aliphatic heterocycles. The van der Waals surface area contributed by atoms with Crippen molar-refractivity contribution in [2.24, 2.45) is 7.05 Å². The second-order valence-corrected chi connectivity index (χ2v) is 8.53. The molecule has 0 saturated carbocycles. The van der Waals surface area contributed by atoms with Gasteiger partial charge in [0.1, 0.15) is 5.58 Å². The van der Waals surface area contributed by atoms with Gasteiger partial charge in [0.25, 0.3) is 0 Å². The number of ketones is 1. The summed E-state index contributed by atoms with van der Waals surface area (Å²) in [7, 11) is 1.83. The van der Waals surface area contributed by atoms with Crippen LogP contribution in [0.5, 0.6) is 0 Å². The summed E-state index contributed by atoms with van der Waals surface area (Å²) in [6.07, 6.45) is 0. The first-order chi connectivity index (χ1) is 16.6. The van der Waals surface area contributed by atoms with Gasteiger partial charge in [-0.3, -0.25) is 9.59 Å². The molecular weight excluding hydrogens is 448 g/mol. The summed E-state index contributed by atoms with van der Waals surface area (Å²) in [5, 5.41) is 12.9. The number of benzene rings is 3. The maximum Gasteiger partial charge on any atom is 0.234 e. The summed E-state index contributed by atoms with van der Waals surface area (Å²) in [5.41, 5.74) is 2.26. The van der Waals surface area contributed by atoms with Crippen molar-refractivity contribution >= 4 is 40.1 Å². The number of anilines is 1. The molecule has 0 atom stereocenters. The zero-order chi connectivity index (χ0) is 23.5. The van der Waals surface area contributed by atoms with E-state index in [0.717, 1.165) is 11.0 Å². The van der Waals surface area contributed by atoms with Gasteiger partial charge in [0.05, 0.1) is 11.4 Å². The van der Waals surface area contributed by atoms with E-state index in [0.29, 0.717) is 33.6 Å². The van der Waals surface area contributed by atoms with Crippen molar-refractivity contribution < 1.29 is 14.0 Å². The summed E-state index contributed by atoms with van der Waals surface area (Å²) >= 11 is 1.26. The number of para-hydroxylation sites is 2. The number of nitrogens with zero attached hydrogens (tertiary/aromatic N) is 3. The molecule has 2 aromatic heterocycles. The second-order valence-electron chi connectivity index (χ2n) is 7.59. The fourth-order valence-electron chi connectivity index (χ4n) is 3.60. The highest BCUT2D eigenvalue weighted by atomic mass is 32.2. The minimum atomic E-state index is -0.244. The average molecular weight is 469 g/mol. The van der Waals surface area contributed by atoms with E-state index in [1.807, 2.05) is 55.6 Å². The van der Waals surface area contributed by atoms with E-state index in [2.05, 4.69) is 15.5 Å². The topological polar surface area (TPSA) is 90.0 Å². The van der Waals surface area contributed by atoms with Crippen LogP contribution in [0.15, 0.2) is 94.5 Å².